The Bertz CT molecular complexity index is 906. The molecular weight excluding hydrogens is 318 g/mol. The van der Waals surface area contributed by atoms with Crippen molar-refractivity contribution < 1.29 is 14.1 Å². The van der Waals surface area contributed by atoms with Crippen LogP contribution in [0.1, 0.15) is 17.8 Å². The number of aryl methyl sites for hydroxylation is 1. The Morgan fingerprint density at radius 3 is 3.04 bits per heavy atom. The maximum absolute atomic E-state index is 12.6. The quantitative estimate of drug-likeness (QED) is 0.732. The summed E-state index contributed by atoms with van der Waals surface area (Å²) in [5, 5.41) is 4.93. The van der Waals surface area contributed by atoms with E-state index in [2.05, 4.69) is 10.1 Å². The minimum atomic E-state index is -0.0210. The summed E-state index contributed by atoms with van der Waals surface area (Å²) < 4.78 is 11.2. The molecule has 3 aromatic rings. The molecule has 0 aliphatic carbocycles. The average molecular weight is 337 g/mol. The van der Waals surface area contributed by atoms with Gasteiger partial charge in [0.15, 0.2) is 5.58 Å². The number of amides is 1. The van der Waals surface area contributed by atoms with Gasteiger partial charge in [0.2, 0.25) is 11.8 Å². The van der Waals surface area contributed by atoms with E-state index in [9.17, 15) is 4.79 Å². The largest absolute Gasteiger partial charge is 0.472 e. The zero-order chi connectivity index (χ0) is 17.2. The molecule has 6 heteroatoms. The summed E-state index contributed by atoms with van der Waals surface area (Å²) in [7, 11) is 0. The minimum Gasteiger partial charge on any atom is -0.472 e. The molecule has 128 valence electrons. The first-order valence-electron chi connectivity index (χ1n) is 8.40. The second-order valence-corrected chi connectivity index (χ2v) is 6.29. The number of hydrogen-bond acceptors (Lipinski definition) is 5. The van der Waals surface area contributed by atoms with E-state index in [0.29, 0.717) is 30.2 Å². The molecule has 0 spiro atoms. The van der Waals surface area contributed by atoms with Crippen LogP contribution in [-0.4, -0.2) is 40.1 Å². The number of para-hydroxylation sites is 1. The van der Waals surface area contributed by atoms with Crippen molar-refractivity contribution in [2.75, 3.05) is 13.1 Å². The lowest BCUT2D eigenvalue weighted by Crippen LogP contribution is -2.32. The number of rotatable bonds is 4. The van der Waals surface area contributed by atoms with Crippen molar-refractivity contribution >= 4 is 16.9 Å². The van der Waals surface area contributed by atoms with Crippen LogP contribution in [0, 0.1) is 6.92 Å². The Labute approximate surface area is 145 Å². The molecule has 25 heavy (non-hydrogen) atoms. The molecule has 0 radical (unpaired) electrons. The third-order valence-electron chi connectivity index (χ3n) is 4.42. The molecule has 1 aliphatic heterocycles. The van der Waals surface area contributed by atoms with Crippen molar-refractivity contribution in [3.8, 4) is 5.88 Å². The van der Waals surface area contributed by atoms with Crippen LogP contribution >= 0.6 is 0 Å². The Morgan fingerprint density at radius 1 is 1.28 bits per heavy atom. The monoisotopic (exact) mass is 337 g/mol. The average Bonchev–Trinajstić information content (AvgIpc) is 3.23. The van der Waals surface area contributed by atoms with Crippen molar-refractivity contribution in [1.29, 1.82) is 0 Å². The van der Waals surface area contributed by atoms with Gasteiger partial charge in [0.1, 0.15) is 11.8 Å². The van der Waals surface area contributed by atoms with Crippen molar-refractivity contribution in [2.45, 2.75) is 25.9 Å². The maximum Gasteiger partial charge on any atom is 0.228 e. The SMILES string of the molecule is Cc1cccc(OC2CCN(C(=O)Cc3noc4ccccc34)C2)n1. The summed E-state index contributed by atoms with van der Waals surface area (Å²) in [6, 6.07) is 13.3. The highest BCUT2D eigenvalue weighted by Crippen LogP contribution is 2.21. The predicted octanol–water partition coefficient (Wildman–Crippen LogP) is 2.75. The lowest BCUT2D eigenvalue weighted by atomic mass is 10.1. The van der Waals surface area contributed by atoms with Crippen LogP contribution in [0.3, 0.4) is 0 Å². The molecule has 1 fully saturated rings. The first kappa shape index (κ1) is 15.6. The highest BCUT2D eigenvalue weighted by Gasteiger charge is 2.28. The van der Waals surface area contributed by atoms with Crippen LogP contribution in [0.4, 0.5) is 0 Å². The molecule has 1 aliphatic rings. The van der Waals surface area contributed by atoms with Gasteiger partial charge in [-0.3, -0.25) is 4.79 Å². The molecule has 2 aromatic heterocycles. The van der Waals surface area contributed by atoms with E-state index in [1.54, 1.807) is 0 Å². The van der Waals surface area contributed by atoms with Crippen LogP contribution in [0.25, 0.3) is 11.0 Å². The van der Waals surface area contributed by atoms with Gasteiger partial charge in [-0.25, -0.2) is 4.98 Å². The second-order valence-electron chi connectivity index (χ2n) is 6.29. The zero-order valence-corrected chi connectivity index (χ0v) is 14.0. The van der Waals surface area contributed by atoms with E-state index in [0.717, 1.165) is 17.5 Å². The van der Waals surface area contributed by atoms with Gasteiger partial charge in [-0.2, -0.15) is 0 Å². The first-order valence-corrected chi connectivity index (χ1v) is 8.40. The molecule has 1 amide bonds. The second kappa shape index (κ2) is 6.55. The molecule has 1 atom stereocenters. The fourth-order valence-corrected chi connectivity index (χ4v) is 3.13. The van der Waals surface area contributed by atoms with Gasteiger partial charge >= 0.3 is 0 Å². The Kier molecular flexibility index (Phi) is 4.09. The third-order valence-corrected chi connectivity index (χ3v) is 4.42. The van der Waals surface area contributed by atoms with Crippen molar-refractivity contribution in [3.63, 3.8) is 0 Å². The summed E-state index contributed by atoms with van der Waals surface area (Å²) >= 11 is 0. The van der Waals surface area contributed by atoms with Crippen LogP contribution in [0.2, 0.25) is 0 Å². The molecule has 3 heterocycles. The van der Waals surface area contributed by atoms with Crippen LogP contribution in [0.5, 0.6) is 5.88 Å². The lowest BCUT2D eigenvalue weighted by Gasteiger charge is -2.16. The summed E-state index contributed by atoms with van der Waals surface area (Å²) in [4.78, 5) is 18.8. The number of nitrogens with zero attached hydrogens (tertiary/aromatic N) is 3. The molecule has 1 aromatic carbocycles. The number of fused-ring (bicyclic) bond motifs is 1. The Hall–Kier alpha value is -2.89. The smallest absolute Gasteiger partial charge is 0.228 e. The Balaban J connectivity index is 1.39. The fourth-order valence-electron chi connectivity index (χ4n) is 3.13. The molecule has 0 saturated carbocycles. The van der Waals surface area contributed by atoms with Gasteiger partial charge in [-0.1, -0.05) is 23.4 Å². The van der Waals surface area contributed by atoms with Crippen molar-refractivity contribution in [3.05, 3.63) is 53.9 Å². The van der Waals surface area contributed by atoms with E-state index in [4.69, 9.17) is 9.26 Å². The van der Waals surface area contributed by atoms with Crippen molar-refractivity contribution in [1.82, 2.24) is 15.0 Å². The summed E-state index contributed by atoms with van der Waals surface area (Å²) in [5.41, 5.74) is 2.31. The molecule has 4 rings (SSSR count). The van der Waals surface area contributed by atoms with E-state index in [1.165, 1.54) is 0 Å². The van der Waals surface area contributed by atoms with E-state index in [1.807, 2.05) is 54.3 Å². The van der Waals surface area contributed by atoms with Gasteiger partial charge in [0.05, 0.1) is 13.0 Å². The van der Waals surface area contributed by atoms with E-state index >= 15 is 0 Å². The highest BCUT2D eigenvalue weighted by atomic mass is 16.5. The number of pyridine rings is 1. The van der Waals surface area contributed by atoms with Gasteiger partial charge in [0.25, 0.3) is 0 Å². The van der Waals surface area contributed by atoms with E-state index in [-0.39, 0.29) is 18.4 Å². The van der Waals surface area contributed by atoms with Crippen LogP contribution < -0.4 is 4.74 Å². The number of benzene rings is 1. The number of hydrogen-bond donors (Lipinski definition) is 0. The normalized spacial score (nSPS) is 17.2. The molecular formula is C19H19N3O3. The zero-order valence-electron chi connectivity index (χ0n) is 14.0. The fraction of sp³-hybridized carbons (Fsp3) is 0.316. The number of likely N-dealkylation sites (tertiary alicyclic amines) is 1. The highest BCUT2D eigenvalue weighted by molar-refractivity contribution is 5.86. The standard InChI is InChI=1S/C19H19N3O3/c1-13-5-4-8-18(20-13)24-14-9-10-22(12-14)19(23)11-16-15-6-2-3-7-17(15)25-21-16/h2-8,14H,9-12H2,1H3. The maximum atomic E-state index is 12.6. The predicted molar refractivity (Wildman–Crippen MR) is 92.3 cm³/mol. The van der Waals surface area contributed by atoms with Gasteiger partial charge in [-0.05, 0) is 25.1 Å². The number of carbonyl (C=O) groups is 1. The van der Waals surface area contributed by atoms with E-state index < -0.39 is 0 Å². The molecule has 0 bridgehead atoms. The van der Waals surface area contributed by atoms with Crippen LogP contribution in [-0.2, 0) is 11.2 Å². The number of carbonyl (C=O) groups excluding carboxylic acids is 1. The third kappa shape index (κ3) is 3.33. The van der Waals surface area contributed by atoms with Gasteiger partial charge in [-0.15, -0.1) is 0 Å². The number of ether oxygens (including phenoxy) is 1. The molecule has 6 nitrogen and oxygen atoms in total. The summed E-state index contributed by atoms with van der Waals surface area (Å²) in [6.07, 6.45) is 1.03. The molecule has 1 saturated heterocycles. The molecule has 1 unspecified atom stereocenters. The number of aromatic nitrogens is 2. The van der Waals surface area contributed by atoms with Gasteiger partial charge < -0.3 is 14.2 Å². The minimum absolute atomic E-state index is 0.0210. The first-order chi connectivity index (χ1) is 12.2. The lowest BCUT2D eigenvalue weighted by molar-refractivity contribution is -0.129. The summed E-state index contributed by atoms with van der Waals surface area (Å²) in [5.74, 6) is 0.657. The molecule has 0 N–H and O–H groups in total. The van der Waals surface area contributed by atoms with Crippen LogP contribution in [0.15, 0.2) is 47.0 Å². The van der Waals surface area contributed by atoms with Crippen molar-refractivity contribution in [2.24, 2.45) is 0 Å². The van der Waals surface area contributed by atoms with Gasteiger partial charge in [0, 0.05) is 30.1 Å². The Morgan fingerprint density at radius 2 is 2.16 bits per heavy atom. The summed E-state index contributed by atoms with van der Waals surface area (Å²) in [6.45, 7) is 3.19. The topological polar surface area (TPSA) is 68.5 Å².